The Kier molecular flexibility index (Phi) is 13.2. The minimum Gasteiger partial charge on any atom is -0.466 e. The first-order valence-corrected chi connectivity index (χ1v) is 10.8. The molecule has 30 heavy (non-hydrogen) atoms. The van der Waals surface area contributed by atoms with Crippen LogP contribution in [0.3, 0.4) is 0 Å². The Morgan fingerprint density at radius 1 is 0.733 bits per heavy atom. The first-order chi connectivity index (χ1) is 14.5. The Morgan fingerprint density at radius 3 is 1.73 bits per heavy atom. The molecule has 174 valence electrons. The average Bonchev–Trinajstić information content (AvgIpc) is 2.67. The molecule has 0 aliphatic carbocycles. The molecular formula is C20H38N4O6. The van der Waals surface area contributed by atoms with E-state index in [2.05, 4.69) is 16.0 Å². The number of carbonyl (C=O) groups is 3. The van der Waals surface area contributed by atoms with E-state index in [4.69, 9.17) is 14.2 Å². The molecule has 0 unspecified atom stereocenters. The van der Waals surface area contributed by atoms with Crippen LogP contribution in [0.1, 0.15) is 33.6 Å². The van der Waals surface area contributed by atoms with Gasteiger partial charge in [-0.25, -0.2) is 0 Å². The summed E-state index contributed by atoms with van der Waals surface area (Å²) in [7, 11) is 0. The van der Waals surface area contributed by atoms with Crippen molar-refractivity contribution in [3.8, 4) is 0 Å². The van der Waals surface area contributed by atoms with Gasteiger partial charge in [-0.1, -0.05) is 0 Å². The number of carbonyl (C=O) groups excluding carboxylic acids is 3. The number of rotatable bonds is 9. The first kappa shape index (κ1) is 26.3. The fourth-order valence-electron chi connectivity index (χ4n) is 3.47. The van der Waals surface area contributed by atoms with Crippen LogP contribution in [0.15, 0.2) is 0 Å². The Balaban J connectivity index is 3.23. The van der Waals surface area contributed by atoms with Gasteiger partial charge in [-0.15, -0.1) is 0 Å². The molecule has 0 atom stereocenters. The summed E-state index contributed by atoms with van der Waals surface area (Å²) in [6.45, 7) is 10.3. The molecule has 0 aromatic carbocycles. The Labute approximate surface area is 179 Å². The SMILES string of the molecule is CCOC(=O)CN1CCNCCNCCNCC1(CC(=O)OCC)CC(=O)OCC. The molecule has 1 saturated heterocycles. The monoisotopic (exact) mass is 430 g/mol. The Hall–Kier alpha value is -1.75. The predicted octanol–water partition coefficient (Wildman–Crippen LogP) is -0.721. The van der Waals surface area contributed by atoms with E-state index in [-0.39, 0.29) is 39.2 Å². The van der Waals surface area contributed by atoms with Crippen LogP contribution < -0.4 is 16.0 Å². The van der Waals surface area contributed by atoms with Crippen molar-refractivity contribution in [3.05, 3.63) is 0 Å². The molecule has 10 nitrogen and oxygen atoms in total. The molecule has 0 aromatic heterocycles. The van der Waals surface area contributed by atoms with E-state index < -0.39 is 23.4 Å². The zero-order chi connectivity index (χ0) is 22.2. The quantitative estimate of drug-likeness (QED) is 0.319. The third-order valence-corrected chi connectivity index (χ3v) is 4.82. The highest BCUT2D eigenvalue weighted by Gasteiger charge is 2.42. The fraction of sp³-hybridized carbons (Fsp3) is 0.850. The topological polar surface area (TPSA) is 118 Å². The van der Waals surface area contributed by atoms with Gasteiger partial charge in [0.2, 0.25) is 0 Å². The standard InChI is InChI=1S/C20H38N4O6/c1-4-28-17(25)13-20(14-18(26)29-5-2)16-23-10-9-21-7-8-22-11-12-24(20)15-19(27)30-6-3/h21-23H,4-16H2,1-3H3. The van der Waals surface area contributed by atoms with E-state index in [1.54, 1.807) is 20.8 Å². The van der Waals surface area contributed by atoms with Crippen LogP contribution >= 0.6 is 0 Å². The maximum Gasteiger partial charge on any atom is 0.320 e. The normalized spacial score (nSPS) is 18.5. The number of esters is 3. The summed E-state index contributed by atoms with van der Waals surface area (Å²) in [5, 5.41) is 9.97. The second kappa shape index (κ2) is 15.1. The molecule has 0 bridgehead atoms. The molecule has 0 radical (unpaired) electrons. The number of nitrogens with one attached hydrogen (secondary N) is 3. The summed E-state index contributed by atoms with van der Waals surface area (Å²) in [5.41, 5.74) is -0.980. The number of hydrogen-bond acceptors (Lipinski definition) is 10. The van der Waals surface area contributed by atoms with E-state index in [1.807, 2.05) is 4.90 Å². The molecule has 0 aromatic rings. The van der Waals surface area contributed by atoms with Crippen molar-refractivity contribution < 1.29 is 28.6 Å². The van der Waals surface area contributed by atoms with Crippen molar-refractivity contribution >= 4 is 17.9 Å². The van der Waals surface area contributed by atoms with E-state index >= 15 is 0 Å². The van der Waals surface area contributed by atoms with Gasteiger partial charge in [-0.05, 0) is 20.8 Å². The summed E-state index contributed by atoms with van der Waals surface area (Å²) in [6.07, 6.45) is -0.0843. The molecule has 0 spiro atoms. The Bertz CT molecular complexity index is 511. The second-order valence-electron chi connectivity index (χ2n) is 7.09. The molecule has 1 rings (SSSR count). The van der Waals surface area contributed by atoms with Gasteiger partial charge in [0.15, 0.2) is 0 Å². The van der Waals surface area contributed by atoms with Crippen molar-refractivity contribution in [3.63, 3.8) is 0 Å². The molecule has 0 saturated carbocycles. The van der Waals surface area contributed by atoms with Crippen molar-refractivity contribution in [2.24, 2.45) is 0 Å². The lowest BCUT2D eigenvalue weighted by Crippen LogP contribution is -2.60. The van der Waals surface area contributed by atoms with Gasteiger partial charge < -0.3 is 30.2 Å². The van der Waals surface area contributed by atoms with Gasteiger partial charge in [-0.2, -0.15) is 0 Å². The van der Waals surface area contributed by atoms with Gasteiger partial charge in [-0.3, -0.25) is 19.3 Å². The molecule has 1 heterocycles. The Morgan fingerprint density at radius 2 is 1.20 bits per heavy atom. The highest BCUT2D eigenvalue weighted by molar-refractivity contribution is 5.76. The van der Waals surface area contributed by atoms with Gasteiger partial charge in [0.25, 0.3) is 0 Å². The highest BCUT2D eigenvalue weighted by Crippen LogP contribution is 2.26. The minimum absolute atomic E-state index is 0.0335. The van der Waals surface area contributed by atoms with Crippen molar-refractivity contribution in [2.45, 2.75) is 39.2 Å². The predicted molar refractivity (Wildman–Crippen MR) is 112 cm³/mol. The maximum atomic E-state index is 12.5. The lowest BCUT2D eigenvalue weighted by atomic mass is 9.88. The average molecular weight is 431 g/mol. The third kappa shape index (κ3) is 9.84. The van der Waals surface area contributed by atoms with Crippen LogP contribution in [0.25, 0.3) is 0 Å². The molecule has 10 heteroatoms. The van der Waals surface area contributed by atoms with Crippen LogP contribution in [0.2, 0.25) is 0 Å². The van der Waals surface area contributed by atoms with Crippen LogP contribution in [0.4, 0.5) is 0 Å². The van der Waals surface area contributed by atoms with Crippen molar-refractivity contribution in [2.75, 3.05) is 72.2 Å². The molecule has 1 fully saturated rings. The molecular weight excluding hydrogens is 392 g/mol. The van der Waals surface area contributed by atoms with Gasteiger partial charge in [0.05, 0.1) is 44.7 Å². The second-order valence-corrected chi connectivity index (χ2v) is 7.09. The first-order valence-electron chi connectivity index (χ1n) is 10.8. The largest absolute Gasteiger partial charge is 0.466 e. The summed E-state index contributed by atoms with van der Waals surface area (Å²) in [5.74, 6) is -1.24. The summed E-state index contributed by atoms with van der Waals surface area (Å²) in [4.78, 5) is 39.2. The summed E-state index contributed by atoms with van der Waals surface area (Å²) < 4.78 is 15.5. The number of nitrogens with zero attached hydrogens (tertiary/aromatic N) is 1. The van der Waals surface area contributed by atoms with Crippen molar-refractivity contribution in [1.82, 2.24) is 20.9 Å². The summed E-state index contributed by atoms with van der Waals surface area (Å²) >= 11 is 0. The van der Waals surface area contributed by atoms with E-state index in [1.165, 1.54) is 0 Å². The van der Waals surface area contributed by atoms with Crippen LogP contribution in [-0.2, 0) is 28.6 Å². The maximum absolute atomic E-state index is 12.5. The lowest BCUT2D eigenvalue weighted by Gasteiger charge is -2.43. The zero-order valence-corrected chi connectivity index (χ0v) is 18.6. The van der Waals surface area contributed by atoms with Crippen LogP contribution in [-0.4, -0.2) is 101 Å². The van der Waals surface area contributed by atoms with Gasteiger partial charge in [0.1, 0.15) is 0 Å². The number of ether oxygens (including phenoxy) is 3. The molecule has 3 N–H and O–H groups in total. The minimum atomic E-state index is -0.980. The fourth-order valence-corrected chi connectivity index (χ4v) is 3.47. The van der Waals surface area contributed by atoms with Gasteiger partial charge >= 0.3 is 17.9 Å². The van der Waals surface area contributed by atoms with Crippen LogP contribution in [0, 0.1) is 0 Å². The van der Waals surface area contributed by atoms with Crippen molar-refractivity contribution in [1.29, 1.82) is 0 Å². The molecule has 0 amide bonds. The molecule has 1 aliphatic rings. The van der Waals surface area contributed by atoms with Crippen LogP contribution in [0.5, 0.6) is 0 Å². The van der Waals surface area contributed by atoms with Gasteiger partial charge in [0, 0.05) is 45.8 Å². The smallest absolute Gasteiger partial charge is 0.320 e. The van der Waals surface area contributed by atoms with E-state index in [0.29, 0.717) is 26.2 Å². The molecule has 1 aliphatic heterocycles. The number of hydrogen-bond donors (Lipinski definition) is 3. The van der Waals surface area contributed by atoms with E-state index in [0.717, 1.165) is 19.6 Å². The third-order valence-electron chi connectivity index (χ3n) is 4.82. The summed E-state index contributed by atoms with van der Waals surface area (Å²) in [6, 6.07) is 0. The zero-order valence-electron chi connectivity index (χ0n) is 18.6. The van der Waals surface area contributed by atoms with E-state index in [9.17, 15) is 14.4 Å². The lowest BCUT2D eigenvalue weighted by molar-refractivity contribution is -0.156. The highest BCUT2D eigenvalue weighted by atomic mass is 16.5.